The molecule has 2 rings (SSSR count). The van der Waals surface area contributed by atoms with Crippen molar-refractivity contribution in [2.24, 2.45) is 0 Å². The Kier molecular flexibility index (Phi) is 2.64. The van der Waals surface area contributed by atoms with Gasteiger partial charge in [-0.3, -0.25) is 0 Å². The lowest BCUT2D eigenvalue weighted by Gasteiger charge is -1.98. The second kappa shape index (κ2) is 4.10. The molecule has 0 amide bonds. The highest BCUT2D eigenvalue weighted by atomic mass is 32.2. The number of hydrogen-bond donors (Lipinski definition) is 2. The van der Waals surface area contributed by atoms with Crippen molar-refractivity contribution in [2.45, 2.75) is 10.9 Å². The fourth-order valence-corrected chi connectivity index (χ4v) is 1.64. The summed E-state index contributed by atoms with van der Waals surface area (Å²) in [4.78, 5) is 15.2. The molecule has 0 saturated heterocycles. The number of nitrogens with zero attached hydrogens (tertiary/aromatic N) is 3. The zero-order chi connectivity index (χ0) is 9.80. The summed E-state index contributed by atoms with van der Waals surface area (Å²) in [5.74, 6) is 1.87. The number of nitrogens with one attached hydrogen (secondary N) is 1. The van der Waals surface area contributed by atoms with Gasteiger partial charge in [0.25, 0.3) is 0 Å². The van der Waals surface area contributed by atoms with E-state index >= 15 is 0 Å². The third kappa shape index (κ3) is 2.23. The molecule has 0 saturated carbocycles. The van der Waals surface area contributed by atoms with E-state index in [1.54, 1.807) is 36.4 Å². The van der Waals surface area contributed by atoms with Crippen molar-refractivity contribution in [1.82, 2.24) is 19.9 Å². The minimum absolute atomic E-state index is 0.495. The first-order valence-corrected chi connectivity index (χ1v) is 5.03. The van der Waals surface area contributed by atoms with E-state index in [0.29, 0.717) is 17.4 Å². The number of thioether (sulfide) groups is 1. The van der Waals surface area contributed by atoms with Gasteiger partial charge in [0.1, 0.15) is 11.6 Å². The minimum atomic E-state index is 0.495. The molecule has 0 aromatic carbocycles. The largest absolute Gasteiger partial charge is 0.384 e. The van der Waals surface area contributed by atoms with Crippen LogP contribution in [0, 0.1) is 0 Å². The molecular formula is C8H9N5S. The van der Waals surface area contributed by atoms with Gasteiger partial charge in [-0.25, -0.2) is 15.0 Å². The maximum absolute atomic E-state index is 5.52. The topological polar surface area (TPSA) is 80.5 Å². The van der Waals surface area contributed by atoms with Crippen LogP contribution < -0.4 is 5.73 Å². The molecule has 14 heavy (non-hydrogen) atoms. The summed E-state index contributed by atoms with van der Waals surface area (Å²) in [6, 6.07) is 1.67. The smallest absolute Gasteiger partial charge is 0.165 e. The van der Waals surface area contributed by atoms with Crippen LogP contribution in [0.5, 0.6) is 0 Å². The van der Waals surface area contributed by atoms with Crippen LogP contribution in [0.2, 0.25) is 0 Å². The predicted octanol–water partition coefficient (Wildman–Crippen LogP) is 1.07. The Morgan fingerprint density at radius 3 is 3.00 bits per heavy atom. The van der Waals surface area contributed by atoms with Crippen molar-refractivity contribution in [3.8, 4) is 0 Å². The molecule has 0 atom stereocenters. The van der Waals surface area contributed by atoms with Gasteiger partial charge in [-0.05, 0) is 6.07 Å². The molecule has 5 nitrogen and oxygen atoms in total. The van der Waals surface area contributed by atoms with Crippen LogP contribution in [0.4, 0.5) is 5.82 Å². The van der Waals surface area contributed by atoms with Gasteiger partial charge in [-0.15, -0.1) is 0 Å². The number of nitrogens with two attached hydrogens (primary N) is 1. The quantitative estimate of drug-likeness (QED) is 0.736. The molecule has 6 heteroatoms. The Morgan fingerprint density at radius 1 is 1.36 bits per heavy atom. The zero-order valence-corrected chi connectivity index (χ0v) is 8.16. The number of H-pyrrole nitrogens is 1. The molecule has 2 aromatic heterocycles. The van der Waals surface area contributed by atoms with Crippen LogP contribution in [0.1, 0.15) is 5.82 Å². The van der Waals surface area contributed by atoms with E-state index in [-0.39, 0.29) is 0 Å². The first-order chi connectivity index (χ1) is 6.84. The molecular weight excluding hydrogens is 198 g/mol. The molecule has 0 bridgehead atoms. The van der Waals surface area contributed by atoms with E-state index in [4.69, 9.17) is 5.73 Å². The molecule has 0 fully saturated rings. The molecule has 2 aromatic rings. The van der Waals surface area contributed by atoms with Crippen LogP contribution in [0.3, 0.4) is 0 Å². The van der Waals surface area contributed by atoms with Gasteiger partial charge in [-0.1, -0.05) is 11.8 Å². The van der Waals surface area contributed by atoms with Crippen molar-refractivity contribution in [3.05, 3.63) is 30.5 Å². The summed E-state index contributed by atoms with van der Waals surface area (Å²) >= 11 is 1.54. The number of aromatic nitrogens is 4. The molecule has 72 valence electrons. The highest BCUT2D eigenvalue weighted by Crippen LogP contribution is 2.16. The van der Waals surface area contributed by atoms with Crippen molar-refractivity contribution < 1.29 is 0 Å². The van der Waals surface area contributed by atoms with E-state index in [0.717, 1.165) is 5.16 Å². The van der Waals surface area contributed by atoms with Crippen molar-refractivity contribution in [3.63, 3.8) is 0 Å². The lowest BCUT2D eigenvalue weighted by atomic mass is 10.5. The number of nitrogen functional groups attached to an aromatic ring is 1. The summed E-state index contributed by atoms with van der Waals surface area (Å²) in [7, 11) is 0. The van der Waals surface area contributed by atoms with Crippen LogP contribution in [-0.2, 0) is 5.75 Å². The SMILES string of the molecule is Nc1ccnc(CSc2ncc[nH]2)n1. The first kappa shape index (κ1) is 9.01. The van der Waals surface area contributed by atoms with E-state index in [9.17, 15) is 0 Å². The second-order valence-electron chi connectivity index (χ2n) is 2.58. The summed E-state index contributed by atoms with van der Waals surface area (Å²) in [5.41, 5.74) is 5.52. The van der Waals surface area contributed by atoms with Crippen LogP contribution in [0.15, 0.2) is 29.8 Å². The predicted molar refractivity (Wildman–Crippen MR) is 54.6 cm³/mol. The van der Waals surface area contributed by atoms with Gasteiger partial charge in [0, 0.05) is 18.6 Å². The molecule has 0 aliphatic carbocycles. The summed E-state index contributed by atoms with van der Waals surface area (Å²) in [6.07, 6.45) is 5.14. The zero-order valence-electron chi connectivity index (χ0n) is 7.34. The molecule has 3 N–H and O–H groups in total. The third-order valence-corrected chi connectivity index (χ3v) is 2.44. The van der Waals surface area contributed by atoms with Crippen LogP contribution >= 0.6 is 11.8 Å². The molecule has 0 spiro atoms. The number of imidazole rings is 1. The number of anilines is 1. The van der Waals surface area contributed by atoms with Gasteiger partial charge in [0.05, 0.1) is 5.75 Å². The van der Waals surface area contributed by atoms with Crippen molar-refractivity contribution in [2.75, 3.05) is 5.73 Å². The molecule has 0 aliphatic heterocycles. The minimum Gasteiger partial charge on any atom is -0.384 e. The fraction of sp³-hybridized carbons (Fsp3) is 0.125. The third-order valence-electron chi connectivity index (χ3n) is 1.54. The second-order valence-corrected chi connectivity index (χ2v) is 3.54. The standard InChI is InChI=1S/C8H9N5S/c9-6-1-2-10-7(13-6)5-14-8-11-3-4-12-8/h1-4H,5H2,(H,11,12)(H2,9,10,13). The Hall–Kier alpha value is -1.56. The highest BCUT2D eigenvalue weighted by molar-refractivity contribution is 7.98. The molecule has 0 unspecified atom stereocenters. The number of hydrogen-bond acceptors (Lipinski definition) is 5. The van der Waals surface area contributed by atoms with Crippen LogP contribution in [0.25, 0.3) is 0 Å². The monoisotopic (exact) mass is 207 g/mol. The van der Waals surface area contributed by atoms with E-state index in [1.807, 2.05) is 0 Å². The lowest BCUT2D eigenvalue weighted by Crippen LogP contribution is -1.96. The van der Waals surface area contributed by atoms with Crippen molar-refractivity contribution in [1.29, 1.82) is 0 Å². The van der Waals surface area contributed by atoms with Gasteiger partial charge in [0.2, 0.25) is 0 Å². The van der Waals surface area contributed by atoms with Gasteiger partial charge in [-0.2, -0.15) is 0 Å². The summed E-state index contributed by atoms with van der Waals surface area (Å²) in [6.45, 7) is 0. The Morgan fingerprint density at radius 2 is 2.29 bits per heavy atom. The van der Waals surface area contributed by atoms with Gasteiger partial charge < -0.3 is 10.7 Å². The Balaban J connectivity index is 1.98. The normalized spacial score (nSPS) is 10.3. The van der Waals surface area contributed by atoms with Gasteiger partial charge >= 0.3 is 0 Å². The number of rotatable bonds is 3. The maximum Gasteiger partial charge on any atom is 0.165 e. The van der Waals surface area contributed by atoms with E-state index in [2.05, 4.69) is 19.9 Å². The first-order valence-electron chi connectivity index (χ1n) is 4.04. The summed E-state index contributed by atoms with van der Waals surface area (Å²) < 4.78 is 0. The van der Waals surface area contributed by atoms with E-state index < -0.39 is 0 Å². The number of aromatic amines is 1. The van der Waals surface area contributed by atoms with E-state index in [1.165, 1.54) is 0 Å². The highest BCUT2D eigenvalue weighted by Gasteiger charge is 2.00. The Labute approximate surface area is 85.2 Å². The average Bonchev–Trinajstić information content (AvgIpc) is 2.67. The Bertz CT molecular complexity index is 400. The summed E-state index contributed by atoms with van der Waals surface area (Å²) in [5, 5.41) is 0.857. The maximum atomic E-state index is 5.52. The van der Waals surface area contributed by atoms with Crippen LogP contribution in [-0.4, -0.2) is 19.9 Å². The average molecular weight is 207 g/mol. The fourth-order valence-electron chi connectivity index (χ4n) is 0.947. The van der Waals surface area contributed by atoms with Crippen molar-refractivity contribution >= 4 is 17.6 Å². The lowest BCUT2D eigenvalue weighted by molar-refractivity contribution is 1.02. The molecule has 0 radical (unpaired) electrons. The molecule has 0 aliphatic rings. The molecule has 2 heterocycles. The van der Waals surface area contributed by atoms with Gasteiger partial charge in [0.15, 0.2) is 5.16 Å².